The second kappa shape index (κ2) is 5.07. The summed E-state index contributed by atoms with van der Waals surface area (Å²) < 4.78 is 0. The van der Waals surface area contributed by atoms with Gasteiger partial charge >= 0.3 is 0 Å². The standard InChI is InChI=1S/C10H12N8O2/c19-7-5-11-15-9(13-7)17-1-2-18(4-3-17)10-14-8(20)6-12-16-10/h5-6H,1-4H2,(H,13,15,19)(H,14,16,20). The minimum atomic E-state index is -0.282. The SMILES string of the molecule is O=c1cnnc(N2CCN(c3nncc(=O)[nH]3)CC2)[nH]1. The summed E-state index contributed by atoms with van der Waals surface area (Å²) >= 11 is 0. The molecule has 1 aliphatic heterocycles. The summed E-state index contributed by atoms with van der Waals surface area (Å²) in [6.07, 6.45) is 2.26. The Balaban J connectivity index is 1.71. The first-order valence-corrected chi connectivity index (χ1v) is 6.06. The lowest BCUT2D eigenvalue weighted by molar-refractivity contribution is 0.617. The zero-order chi connectivity index (χ0) is 13.9. The number of nitrogens with zero attached hydrogens (tertiary/aromatic N) is 6. The predicted octanol–water partition coefficient (Wildman–Crippen LogP) is -2.03. The summed E-state index contributed by atoms with van der Waals surface area (Å²) in [6, 6.07) is 0. The van der Waals surface area contributed by atoms with Crippen LogP contribution in [0.3, 0.4) is 0 Å². The van der Waals surface area contributed by atoms with Gasteiger partial charge in [-0.2, -0.15) is 0 Å². The number of H-pyrrole nitrogens is 2. The van der Waals surface area contributed by atoms with Crippen LogP contribution in [-0.4, -0.2) is 56.5 Å². The molecule has 0 bridgehead atoms. The van der Waals surface area contributed by atoms with Gasteiger partial charge in [-0.3, -0.25) is 19.6 Å². The molecule has 0 unspecified atom stereocenters. The summed E-state index contributed by atoms with van der Waals surface area (Å²) in [7, 11) is 0. The Morgan fingerprint density at radius 2 is 1.20 bits per heavy atom. The van der Waals surface area contributed by atoms with Gasteiger partial charge in [-0.1, -0.05) is 0 Å². The van der Waals surface area contributed by atoms with Crippen LogP contribution < -0.4 is 20.9 Å². The number of hydrogen-bond acceptors (Lipinski definition) is 8. The van der Waals surface area contributed by atoms with Gasteiger partial charge in [0, 0.05) is 26.2 Å². The van der Waals surface area contributed by atoms with E-state index in [1.54, 1.807) is 0 Å². The predicted molar refractivity (Wildman–Crippen MR) is 69.7 cm³/mol. The number of rotatable bonds is 2. The molecule has 0 amide bonds. The van der Waals surface area contributed by atoms with Crippen molar-refractivity contribution in [1.29, 1.82) is 0 Å². The average Bonchev–Trinajstić information content (AvgIpc) is 2.47. The van der Waals surface area contributed by atoms with Gasteiger partial charge in [0.25, 0.3) is 11.1 Å². The topological polar surface area (TPSA) is 124 Å². The largest absolute Gasteiger partial charge is 0.337 e. The summed E-state index contributed by atoms with van der Waals surface area (Å²) in [5.74, 6) is 0.898. The molecule has 3 rings (SSSR count). The first kappa shape index (κ1) is 12.3. The van der Waals surface area contributed by atoms with E-state index in [4.69, 9.17) is 0 Å². The van der Waals surface area contributed by atoms with Crippen molar-refractivity contribution in [2.75, 3.05) is 36.0 Å². The van der Waals surface area contributed by atoms with E-state index in [0.29, 0.717) is 38.1 Å². The maximum atomic E-state index is 11.2. The Kier molecular flexibility index (Phi) is 3.11. The Morgan fingerprint density at radius 1 is 0.800 bits per heavy atom. The number of hydrogen-bond donors (Lipinski definition) is 2. The van der Waals surface area contributed by atoms with Gasteiger partial charge in [-0.15, -0.1) is 20.4 Å². The highest BCUT2D eigenvalue weighted by Gasteiger charge is 2.20. The molecule has 10 nitrogen and oxygen atoms in total. The highest BCUT2D eigenvalue weighted by Crippen LogP contribution is 2.11. The smallest absolute Gasteiger partial charge is 0.271 e. The molecule has 1 saturated heterocycles. The van der Waals surface area contributed by atoms with Crippen molar-refractivity contribution in [2.24, 2.45) is 0 Å². The molecule has 3 heterocycles. The van der Waals surface area contributed by atoms with E-state index in [2.05, 4.69) is 30.4 Å². The van der Waals surface area contributed by atoms with Crippen LogP contribution in [0.25, 0.3) is 0 Å². The number of aromatic nitrogens is 6. The monoisotopic (exact) mass is 276 g/mol. The molecule has 0 aromatic carbocycles. The average molecular weight is 276 g/mol. The van der Waals surface area contributed by atoms with Crippen molar-refractivity contribution < 1.29 is 0 Å². The van der Waals surface area contributed by atoms with Gasteiger partial charge in [0.15, 0.2) is 0 Å². The van der Waals surface area contributed by atoms with E-state index in [0.717, 1.165) is 12.4 Å². The maximum absolute atomic E-state index is 11.2. The third-order valence-electron chi connectivity index (χ3n) is 3.00. The van der Waals surface area contributed by atoms with Gasteiger partial charge < -0.3 is 9.80 Å². The molecule has 2 aromatic rings. The molecule has 0 aliphatic carbocycles. The Hall–Kier alpha value is -2.78. The molecule has 0 atom stereocenters. The molecular weight excluding hydrogens is 264 g/mol. The maximum Gasteiger partial charge on any atom is 0.271 e. The zero-order valence-electron chi connectivity index (χ0n) is 10.5. The number of anilines is 2. The number of aromatic amines is 2. The van der Waals surface area contributed by atoms with Crippen LogP contribution in [0.5, 0.6) is 0 Å². The Bertz CT molecular complexity index is 641. The third kappa shape index (κ3) is 2.48. The zero-order valence-corrected chi connectivity index (χ0v) is 10.5. The fourth-order valence-corrected chi connectivity index (χ4v) is 2.02. The van der Waals surface area contributed by atoms with Gasteiger partial charge in [-0.25, -0.2) is 0 Å². The Morgan fingerprint density at radius 3 is 1.55 bits per heavy atom. The molecule has 0 saturated carbocycles. The van der Waals surface area contributed by atoms with Gasteiger partial charge in [-0.05, 0) is 0 Å². The quantitative estimate of drug-likeness (QED) is 0.643. The second-order valence-corrected chi connectivity index (χ2v) is 4.29. The summed E-state index contributed by atoms with van der Waals surface area (Å²) in [4.78, 5) is 31.5. The molecule has 0 radical (unpaired) electrons. The van der Waals surface area contributed by atoms with Crippen LogP contribution in [0.1, 0.15) is 0 Å². The van der Waals surface area contributed by atoms with Crippen LogP contribution in [0.2, 0.25) is 0 Å². The molecule has 20 heavy (non-hydrogen) atoms. The van der Waals surface area contributed by atoms with Crippen molar-refractivity contribution in [3.8, 4) is 0 Å². The highest BCUT2D eigenvalue weighted by molar-refractivity contribution is 5.35. The van der Waals surface area contributed by atoms with Gasteiger partial charge in [0.2, 0.25) is 11.9 Å². The molecular formula is C10H12N8O2. The minimum Gasteiger partial charge on any atom is -0.337 e. The molecule has 2 aromatic heterocycles. The van der Waals surface area contributed by atoms with Crippen molar-refractivity contribution in [1.82, 2.24) is 30.4 Å². The first-order chi connectivity index (χ1) is 9.72. The fourth-order valence-electron chi connectivity index (χ4n) is 2.02. The summed E-state index contributed by atoms with van der Waals surface area (Å²) in [5.41, 5.74) is -0.564. The number of nitrogens with one attached hydrogen (secondary N) is 2. The second-order valence-electron chi connectivity index (χ2n) is 4.29. The summed E-state index contributed by atoms with van der Waals surface area (Å²) in [6.45, 7) is 2.53. The van der Waals surface area contributed by atoms with Crippen LogP contribution in [0.15, 0.2) is 22.0 Å². The normalized spacial score (nSPS) is 15.4. The third-order valence-corrected chi connectivity index (χ3v) is 3.00. The molecule has 104 valence electrons. The molecule has 10 heteroatoms. The van der Waals surface area contributed by atoms with Crippen molar-refractivity contribution in [2.45, 2.75) is 0 Å². The summed E-state index contributed by atoms with van der Waals surface area (Å²) in [5, 5.41) is 15.0. The molecule has 2 N–H and O–H groups in total. The minimum absolute atomic E-state index is 0.282. The molecule has 1 fully saturated rings. The lowest BCUT2D eigenvalue weighted by Gasteiger charge is -2.34. The van der Waals surface area contributed by atoms with E-state index in [1.807, 2.05) is 9.80 Å². The highest BCUT2D eigenvalue weighted by atomic mass is 16.1. The van der Waals surface area contributed by atoms with Crippen molar-refractivity contribution >= 4 is 11.9 Å². The molecule has 0 spiro atoms. The van der Waals surface area contributed by atoms with Gasteiger partial charge in [0.1, 0.15) is 12.4 Å². The lowest BCUT2D eigenvalue weighted by Crippen LogP contribution is -2.48. The van der Waals surface area contributed by atoms with Crippen molar-refractivity contribution in [3.63, 3.8) is 0 Å². The van der Waals surface area contributed by atoms with E-state index in [1.165, 1.54) is 0 Å². The van der Waals surface area contributed by atoms with E-state index >= 15 is 0 Å². The van der Waals surface area contributed by atoms with Gasteiger partial charge in [0.05, 0.1) is 0 Å². The lowest BCUT2D eigenvalue weighted by atomic mass is 10.3. The fraction of sp³-hybridized carbons (Fsp3) is 0.400. The van der Waals surface area contributed by atoms with Crippen LogP contribution >= 0.6 is 0 Å². The van der Waals surface area contributed by atoms with Crippen LogP contribution in [0.4, 0.5) is 11.9 Å². The van der Waals surface area contributed by atoms with E-state index in [-0.39, 0.29) is 11.1 Å². The molecule has 1 aliphatic rings. The Labute approximate surface area is 112 Å². The van der Waals surface area contributed by atoms with E-state index < -0.39 is 0 Å². The van der Waals surface area contributed by atoms with Crippen LogP contribution in [-0.2, 0) is 0 Å². The van der Waals surface area contributed by atoms with Crippen molar-refractivity contribution in [3.05, 3.63) is 33.1 Å². The first-order valence-electron chi connectivity index (χ1n) is 6.06. The number of piperazine rings is 1. The van der Waals surface area contributed by atoms with E-state index in [9.17, 15) is 9.59 Å². The van der Waals surface area contributed by atoms with Crippen LogP contribution in [0, 0.1) is 0 Å².